The normalized spacial score (nSPS) is 12.2. The molecule has 20 heavy (non-hydrogen) atoms. The zero-order valence-corrected chi connectivity index (χ0v) is 13.8. The fraction of sp³-hybridized carbons (Fsp3) is 0.200. The average Bonchev–Trinajstić information content (AvgIpc) is 2.43. The van der Waals surface area contributed by atoms with E-state index in [0.717, 1.165) is 16.1 Å². The van der Waals surface area contributed by atoms with E-state index in [2.05, 4.69) is 31.9 Å². The molecule has 0 radical (unpaired) electrons. The number of ether oxygens (including phenoxy) is 1. The maximum Gasteiger partial charge on any atom is 0.163 e. The zero-order valence-electron chi connectivity index (χ0n) is 10.7. The molecule has 0 aliphatic carbocycles. The molecule has 1 nitrogen and oxygen atoms in total. The van der Waals surface area contributed by atoms with Crippen LogP contribution in [0.15, 0.2) is 40.9 Å². The van der Waals surface area contributed by atoms with Crippen molar-refractivity contribution in [2.45, 2.75) is 11.8 Å². The van der Waals surface area contributed by atoms with Crippen LogP contribution in [-0.2, 0) is 0 Å². The first-order chi connectivity index (χ1) is 9.54. The SMILES string of the molecule is CCOc1ccc(Br)cc1C(Br)c1cccc(F)c1F. The molecule has 0 heterocycles. The first-order valence-electron chi connectivity index (χ1n) is 6.04. The maximum absolute atomic E-state index is 13.9. The van der Waals surface area contributed by atoms with Crippen LogP contribution < -0.4 is 4.74 Å². The first-order valence-corrected chi connectivity index (χ1v) is 7.75. The Morgan fingerprint density at radius 2 is 1.90 bits per heavy atom. The summed E-state index contributed by atoms with van der Waals surface area (Å²) in [5, 5.41) is 0. The lowest BCUT2D eigenvalue weighted by molar-refractivity contribution is 0.337. The van der Waals surface area contributed by atoms with Crippen molar-refractivity contribution in [2.75, 3.05) is 6.61 Å². The summed E-state index contributed by atoms with van der Waals surface area (Å²) >= 11 is 6.80. The van der Waals surface area contributed by atoms with Crippen molar-refractivity contribution < 1.29 is 13.5 Å². The van der Waals surface area contributed by atoms with Gasteiger partial charge in [0.05, 0.1) is 11.4 Å². The van der Waals surface area contributed by atoms with Gasteiger partial charge in [0.25, 0.3) is 0 Å². The van der Waals surface area contributed by atoms with Crippen LogP contribution in [0.3, 0.4) is 0 Å². The van der Waals surface area contributed by atoms with Crippen molar-refractivity contribution in [1.82, 2.24) is 0 Å². The highest BCUT2D eigenvalue weighted by Gasteiger charge is 2.21. The van der Waals surface area contributed by atoms with Gasteiger partial charge in [-0.2, -0.15) is 0 Å². The van der Waals surface area contributed by atoms with Crippen molar-refractivity contribution in [3.8, 4) is 5.75 Å². The Labute approximate surface area is 133 Å². The molecular formula is C15H12Br2F2O. The van der Waals surface area contributed by atoms with Gasteiger partial charge in [0, 0.05) is 15.6 Å². The van der Waals surface area contributed by atoms with Gasteiger partial charge in [0.1, 0.15) is 5.75 Å². The predicted octanol–water partition coefficient (Wildman–Crippen LogP) is 5.61. The summed E-state index contributed by atoms with van der Waals surface area (Å²) in [6.45, 7) is 2.37. The molecule has 0 fully saturated rings. The lowest BCUT2D eigenvalue weighted by Crippen LogP contribution is -2.03. The van der Waals surface area contributed by atoms with Crippen LogP contribution >= 0.6 is 31.9 Å². The molecule has 0 saturated heterocycles. The Morgan fingerprint density at radius 1 is 1.15 bits per heavy atom. The Hall–Kier alpha value is -0.940. The monoisotopic (exact) mass is 404 g/mol. The third-order valence-electron chi connectivity index (χ3n) is 2.80. The van der Waals surface area contributed by atoms with E-state index >= 15 is 0 Å². The van der Waals surface area contributed by atoms with E-state index in [9.17, 15) is 8.78 Å². The fourth-order valence-electron chi connectivity index (χ4n) is 1.89. The molecule has 0 N–H and O–H groups in total. The van der Waals surface area contributed by atoms with Gasteiger partial charge in [-0.25, -0.2) is 8.78 Å². The topological polar surface area (TPSA) is 9.23 Å². The van der Waals surface area contributed by atoms with Crippen molar-refractivity contribution in [3.05, 3.63) is 63.6 Å². The third kappa shape index (κ3) is 3.20. The lowest BCUT2D eigenvalue weighted by atomic mass is 10.0. The number of alkyl halides is 1. The van der Waals surface area contributed by atoms with E-state index < -0.39 is 16.5 Å². The summed E-state index contributed by atoms with van der Waals surface area (Å²) in [6.07, 6.45) is 0. The molecular weight excluding hydrogens is 394 g/mol. The van der Waals surface area contributed by atoms with Crippen LogP contribution in [0, 0.1) is 11.6 Å². The van der Waals surface area contributed by atoms with Crippen LogP contribution in [0.4, 0.5) is 8.78 Å². The summed E-state index contributed by atoms with van der Waals surface area (Å²) < 4.78 is 33.6. The molecule has 0 aromatic heterocycles. The van der Waals surface area contributed by atoms with Crippen LogP contribution in [0.1, 0.15) is 22.9 Å². The van der Waals surface area contributed by atoms with Gasteiger partial charge >= 0.3 is 0 Å². The second kappa shape index (κ2) is 6.68. The molecule has 5 heteroatoms. The van der Waals surface area contributed by atoms with Crippen LogP contribution in [0.25, 0.3) is 0 Å². The van der Waals surface area contributed by atoms with Gasteiger partial charge in [-0.1, -0.05) is 44.0 Å². The standard InChI is InChI=1S/C15H12Br2F2O/c1-2-20-13-7-6-9(16)8-11(13)14(17)10-4-3-5-12(18)15(10)19/h3-8,14H,2H2,1H3. The Kier molecular flexibility index (Phi) is 5.16. The zero-order chi connectivity index (χ0) is 14.7. The summed E-state index contributed by atoms with van der Waals surface area (Å²) in [5.74, 6) is -1.07. The highest BCUT2D eigenvalue weighted by molar-refractivity contribution is 9.10. The van der Waals surface area contributed by atoms with Crippen LogP contribution in [0.2, 0.25) is 0 Å². The number of hydrogen-bond donors (Lipinski definition) is 0. The van der Waals surface area contributed by atoms with Gasteiger partial charge in [-0.05, 0) is 31.2 Å². The summed E-state index contributed by atoms with van der Waals surface area (Å²) in [7, 11) is 0. The van der Waals surface area contributed by atoms with Gasteiger partial charge in [0.2, 0.25) is 0 Å². The molecule has 2 rings (SSSR count). The number of benzene rings is 2. The molecule has 0 saturated carbocycles. The van der Waals surface area contributed by atoms with E-state index in [4.69, 9.17) is 4.74 Å². The Balaban J connectivity index is 2.49. The third-order valence-corrected chi connectivity index (χ3v) is 4.28. The fourth-order valence-corrected chi connectivity index (χ4v) is 2.98. The minimum absolute atomic E-state index is 0.240. The minimum atomic E-state index is -0.861. The minimum Gasteiger partial charge on any atom is -0.494 e. The molecule has 0 bridgehead atoms. The molecule has 2 aromatic rings. The average molecular weight is 406 g/mol. The highest BCUT2D eigenvalue weighted by atomic mass is 79.9. The predicted molar refractivity (Wildman–Crippen MR) is 82.4 cm³/mol. The Bertz CT molecular complexity index is 617. The molecule has 1 unspecified atom stereocenters. The quantitative estimate of drug-likeness (QED) is 0.600. The van der Waals surface area contributed by atoms with E-state index in [1.54, 1.807) is 12.1 Å². The number of rotatable bonds is 4. The smallest absolute Gasteiger partial charge is 0.163 e. The van der Waals surface area contributed by atoms with Crippen molar-refractivity contribution in [1.29, 1.82) is 0 Å². The molecule has 1 atom stereocenters. The molecule has 106 valence electrons. The summed E-state index contributed by atoms with van der Waals surface area (Å²) in [6, 6.07) is 9.61. The van der Waals surface area contributed by atoms with Crippen LogP contribution in [0.5, 0.6) is 5.75 Å². The maximum atomic E-state index is 13.9. The summed E-state index contributed by atoms with van der Waals surface area (Å²) in [5.41, 5.74) is 0.981. The van der Waals surface area contributed by atoms with Gasteiger partial charge in [-0.15, -0.1) is 0 Å². The molecule has 0 amide bonds. The summed E-state index contributed by atoms with van der Waals surface area (Å²) in [4.78, 5) is -0.489. The highest BCUT2D eigenvalue weighted by Crippen LogP contribution is 2.39. The number of hydrogen-bond acceptors (Lipinski definition) is 1. The molecule has 0 spiro atoms. The number of halogens is 4. The molecule has 2 aromatic carbocycles. The van der Waals surface area contributed by atoms with Gasteiger partial charge in [0.15, 0.2) is 11.6 Å². The van der Waals surface area contributed by atoms with E-state index in [-0.39, 0.29) is 5.56 Å². The Morgan fingerprint density at radius 3 is 2.60 bits per heavy atom. The first kappa shape index (κ1) is 15.4. The van der Waals surface area contributed by atoms with E-state index in [1.807, 2.05) is 19.1 Å². The van der Waals surface area contributed by atoms with Crippen LogP contribution in [-0.4, -0.2) is 6.61 Å². The lowest BCUT2D eigenvalue weighted by Gasteiger charge is -2.17. The van der Waals surface area contributed by atoms with Crippen molar-refractivity contribution in [3.63, 3.8) is 0 Å². The largest absolute Gasteiger partial charge is 0.494 e. The second-order valence-corrected chi connectivity index (χ2v) is 5.95. The second-order valence-electron chi connectivity index (χ2n) is 4.12. The van der Waals surface area contributed by atoms with Crippen molar-refractivity contribution >= 4 is 31.9 Å². The van der Waals surface area contributed by atoms with E-state index in [1.165, 1.54) is 6.07 Å². The van der Waals surface area contributed by atoms with Gasteiger partial charge in [-0.3, -0.25) is 0 Å². The molecule has 0 aliphatic rings. The van der Waals surface area contributed by atoms with Crippen molar-refractivity contribution in [2.24, 2.45) is 0 Å². The molecule has 0 aliphatic heterocycles. The van der Waals surface area contributed by atoms with Gasteiger partial charge < -0.3 is 4.74 Å². The van der Waals surface area contributed by atoms with E-state index in [0.29, 0.717) is 12.4 Å².